The normalized spacial score (nSPS) is 26.1. The van der Waals surface area contributed by atoms with Crippen LogP contribution in [0.15, 0.2) is 12.1 Å². The summed E-state index contributed by atoms with van der Waals surface area (Å²) in [4.78, 5) is 24.7. The highest BCUT2D eigenvalue weighted by molar-refractivity contribution is 5.76. The Balaban J connectivity index is 0.000000330. The standard InChI is InChI=1S/C21H22F4N4O4.C7H12FN/c1-10-6-29(7-17(30)33-8-10)19-13-9-32-16(5-15(13)27-20(28-19)31-2)12-3-11(26)4-14(22)18(12)21(23,24)25;8-6-4-7-2-1-3-9(7)5-6/h3-4,10,16H,5-9,26H2,1-2H3;6-7H,1-5H2. The summed E-state index contributed by atoms with van der Waals surface area (Å²) in [5.74, 6) is -1.49. The van der Waals surface area contributed by atoms with Crippen molar-refractivity contribution in [2.75, 3.05) is 50.5 Å². The van der Waals surface area contributed by atoms with Gasteiger partial charge >= 0.3 is 18.2 Å². The molecule has 4 atom stereocenters. The molecule has 6 rings (SSSR count). The van der Waals surface area contributed by atoms with Gasteiger partial charge in [-0.1, -0.05) is 6.92 Å². The molecule has 0 amide bonds. The van der Waals surface area contributed by atoms with Crippen LogP contribution in [-0.2, 0) is 33.5 Å². The van der Waals surface area contributed by atoms with E-state index in [9.17, 15) is 26.7 Å². The number of esters is 1. The van der Waals surface area contributed by atoms with Crippen LogP contribution in [0.5, 0.6) is 6.01 Å². The number of anilines is 2. The van der Waals surface area contributed by atoms with Crippen LogP contribution in [0.4, 0.5) is 33.5 Å². The van der Waals surface area contributed by atoms with Gasteiger partial charge in [0.15, 0.2) is 0 Å². The van der Waals surface area contributed by atoms with Crippen LogP contribution in [0.3, 0.4) is 0 Å². The molecule has 2 aromatic rings. The summed E-state index contributed by atoms with van der Waals surface area (Å²) in [7, 11) is 1.36. The molecule has 0 aliphatic carbocycles. The highest BCUT2D eigenvalue weighted by Gasteiger charge is 2.41. The van der Waals surface area contributed by atoms with Crippen molar-refractivity contribution in [1.29, 1.82) is 0 Å². The number of carbonyl (C=O) groups excluding carboxylic acids is 1. The number of nitrogens with zero attached hydrogens (tertiary/aromatic N) is 4. The highest BCUT2D eigenvalue weighted by atomic mass is 19.4. The predicted molar refractivity (Wildman–Crippen MR) is 142 cm³/mol. The van der Waals surface area contributed by atoms with Crippen molar-refractivity contribution in [3.8, 4) is 6.01 Å². The number of aromatic nitrogens is 2. The molecule has 0 radical (unpaired) electrons. The molecule has 42 heavy (non-hydrogen) atoms. The molecular weight excluding hydrogens is 565 g/mol. The van der Waals surface area contributed by atoms with Gasteiger partial charge in [0, 0.05) is 42.7 Å². The van der Waals surface area contributed by atoms with Crippen molar-refractivity contribution in [3.05, 3.63) is 40.3 Å². The zero-order chi connectivity index (χ0) is 30.2. The van der Waals surface area contributed by atoms with Gasteiger partial charge in [0.25, 0.3) is 0 Å². The molecule has 1 aromatic heterocycles. The van der Waals surface area contributed by atoms with Crippen molar-refractivity contribution in [1.82, 2.24) is 14.9 Å². The number of methoxy groups -OCH3 is 1. The first-order valence-corrected chi connectivity index (χ1v) is 13.9. The molecule has 14 heteroatoms. The summed E-state index contributed by atoms with van der Waals surface area (Å²) in [5, 5.41) is 0. The lowest BCUT2D eigenvalue weighted by Crippen LogP contribution is -2.34. The summed E-state index contributed by atoms with van der Waals surface area (Å²) >= 11 is 0. The summed E-state index contributed by atoms with van der Waals surface area (Å²) in [6.07, 6.45) is -3.37. The largest absolute Gasteiger partial charge is 0.467 e. The van der Waals surface area contributed by atoms with E-state index in [-0.39, 0.29) is 43.8 Å². The Morgan fingerprint density at radius 1 is 1.19 bits per heavy atom. The van der Waals surface area contributed by atoms with Gasteiger partial charge in [-0.05, 0) is 43.5 Å². The molecule has 4 aliphatic heterocycles. The van der Waals surface area contributed by atoms with E-state index in [0.29, 0.717) is 42.3 Å². The van der Waals surface area contributed by atoms with Crippen LogP contribution in [-0.4, -0.2) is 72.9 Å². The number of cyclic esters (lactones) is 1. The molecule has 3 saturated heterocycles. The van der Waals surface area contributed by atoms with E-state index in [0.717, 1.165) is 19.0 Å². The minimum atomic E-state index is -4.94. The number of hydrogen-bond acceptors (Lipinski definition) is 9. The number of alkyl halides is 4. The second kappa shape index (κ2) is 12.2. The van der Waals surface area contributed by atoms with Gasteiger partial charge in [-0.3, -0.25) is 9.69 Å². The first-order chi connectivity index (χ1) is 19.9. The lowest BCUT2D eigenvalue weighted by atomic mass is 9.94. The second-order valence-corrected chi connectivity index (χ2v) is 11.2. The van der Waals surface area contributed by atoms with Gasteiger partial charge in [-0.15, -0.1) is 0 Å². The number of carbonyl (C=O) groups is 1. The van der Waals surface area contributed by atoms with Gasteiger partial charge in [0.1, 0.15) is 24.4 Å². The number of nitrogen functional groups attached to an aromatic ring is 1. The topological polar surface area (TPSA) is 103 Å². The highest BCUT2D eigenvalue weighted by Crippen LogP contribution is 2.42. The number of fused-ring (bicyclic) bond motifs is 2. The van der Waals surface area contributed by atoms with Gasteiger partial charge in [0.2, 0.25) is 0 Å². The fourth-order valence-electron chi connectivity index (χ4n) is 6.10. The molecule has 0 spiro atoms. The quantitative estimate of drug-likeness (QED) is 0.316. The molecule has 5 heterocycles. The number of rotatable bonds is 3. The molecule has 0 bridgehead atoms. The Bertz CT molecular complexity index is 1300. The van der Waals surface area contributed by atoms with Crippen LogP contribution >= 0.6 is 0 Å². The molecular formula is C28H34F5N5O4. The maximum absolute atomic E-state index is 14.2. The zero-order valence-electron chi connectivity index (χ0n) is 23.4. The molecule has 3 fully saturated rings. The third-order valence-electron chi connectivity index (χ3n) is 7.95. The van der Waals surface area contributed by atoms with E-state index in [1.807, 2.05) is 6.92 Å². The lowest BCUT2D eigenvalue weighted by Gasteiger charge is -2.31. The van der Waals surface area contributed by atoms with Crippen molar-refractivity contribution in [3.63, 3.8) is 0 Å². The van der Waals surface area contributed by atoms with E-state index in [1.54, 1.807) is 4.90 Å². The van der Waals surface area contributed by atoms with Crippen molar-refractivity contribution in [2.45, 2.75) is 63.7 Å². The minimum absolute atomic E-state index is 0.00975. The molecule has 4 aliphatic rings. The summed E-state index contributed by atoms with van der Waals surface area (Å²) < 4.78 is 83.7. The smallest absolute Gasteiger partial charge is 0.419 e. The van der Waals surface area contributed by atoms with Crippen molar-refractivity contribution in [2.24, 2.45) is 5.92 Å². The van der Waals surface area contributed by atoms with Gasteiger partial charge in [-0.2, -0.15) is 23.1 Å². The average molecular weight is 600 g/mol. The third kappa shape index (κ3) is 6.54. The predicted octanol–water partition coefficient (Wildman–Crippen LogP) is 4.23. The SMILES string of the molecule is COc1nc2c(c(N3CC(=O)OCC(C)C3)n1)COC(c1cc(N)cc(F)c1C(F)(F)F)C2.FC1CC2CCCN2C1. The van der Waals surface area contributed by atoms with Gasteiger partial charge in [-0.25, -0.2) is 8.78 Å². The van der Waals surface area contributed by atoms with Crippen LogP contribution < -0.4 is 15.4 Å². The van der Waals surface area contributed by atoms with Crippen LogP contribution in [0, 0.1) is 11.7 Å². The second-order valence-electron chi connectivity index (χ2n) is 11.2. The Morgan fingerprint density at radius 2 is 1.98 bits per heavy atom. The average Bonchev–Trinajstić information content (AvgIpc) is 3.45. The Labute approximate surface area is 240 Å². The maximum atomic E-state index is 14.2. The molecule has 1 aromatic carbocycles. The van der Waals surface area contributed by atoms with Crippen molar-refractivity contribution >= 4 is 17.5 Å². The molecule has 230 valence electrons. The number of nitrogens with two attached hydrogens (primary N) is 1. The number of halogens is 5. The zero-order valence-corrected chi connectivity index (χ0v) is 23.4. The number of benzene rings is 1. The number of ether oxygens (including phenoxy) is 3. The van der Waals surface area contributed by atoms with Crippen LogP contribution in [0.1, 0.15) is 54.7 Å². The fraction of sp³-hybridized carbons (Fsp3) is 0.607. The van der Waals surface area contributed by atoms with Gasteiger partial charge in [0.05, 0.1) is 37.7 Å². The van der Waals surface area contributed by atoms with E-state index < -0.39 is 41.4 Å². The lowest BCUT2D eigenvalue weighted by molar-refractivity contribution is -0.142. The van der Waals surface area contributed by atoms with Crippen LogP contribution in [0.25, 0.3) is 0 Å². The summed E-state index contributed by atoms with van der Waals surface area (Å²) in [6.45, 7) is 4.29. The first kappa shape index (κ1) is 30.2. The van der Waals surface area contributed by atoms with E-state index >= 15 is 0 Å². The Hall–Kier alpha value is -3.26. The van der Waals surface area contributed by atoms with Gasteiger partial charge < -0.3 is 24.8 Å². The monoisotopic (exact) mass is 599 g/mol. The van der Waals surface area contributed by atoms with Crippen LogP contribution in [0.2, 0.25) is 0 Å². The minimum Gasteiger partial charge on any atom is -0.467 e. The summed E-state index contributed by atoms with van der Waals surface area (Å²) in [6, 6.07) is 2.30. The van der Waals surface area contributed by atoms with Crippen molar-refractivity contribution < 1.29 is 41.0 Å². The number of hydrogen-bond donors (Lipinski definition) is 1. The first-order valence-electron chi connectivity index (χ1n) is 13.9. The Kier molecular flexibility index (Phi) is 8.74. The summed E-state index contributed by atoms with van der Waals surface area (Å²) in [5.41, 5.74) is 4.55. The molecule has 0 saturated carbocycles. The molecule has 4 unspecified atom stereocenters. The van der Waals surface area contributed by atoms with E-state index in [4.69, 9.17) is 19.9 Å². The van der Waals surface area contributed by atoms with E-state index in [1.165, 1.54) is 20.0 Å². The third-order valence-corrected chi connectivity index (χ3v) is 7.95. The Morgan fingerprint density at radius 3 is 2.69 bits per heavy atom. The molecule has 9 nitrogen and oxygen atoms in total. The van der Waals surface area contributed by atoms with E-state index in [2.05, 4.69) is 14.9 Å². The maximum Gasteiger partial charge on any atom is 0.419 e. The molecule has 2 N–H and O–H groups in total. The fourth-order valence-corrected chi connectivity index (χ4v) is 6.10.